The van der Waals surface area contributed by atoms with Gasteiger partial charge in [-0.2, -0.15) is 0 Å². The maximum atomic E-state index is 12.3. The zero-order valence-electron chi connectivity index (χ0n) is 12.3. The number of hydrogen-bond acceptors (Lipinski definition) is 2. The van der Waals surface area contributed by atoms with Crippen molar-refractivity contribution in [3.8, 4) is 0 Å². The smallest absolute Gasteiger partial charge is 0.186 e. The zero-order valence-corrected chi connectivity index (χ0v) is 13.9. The molecule has 0 radical (unpaired) electrons. The second-order valence-electron chi connectivity index (χ2n) is 5.65. The highest BCUT2D eigenvalue weighted by atomic mass is 35.5. The molecule has 0 bridgehead atoms. The standard InChI is InChI=1S/C20H10Cl2O2/c21-14-3-1-11-9-16-12(7-13(11)8-14)2-5-18(22)20(16)17-10-15(23)4-6-19(17)24/h1-10H. The van der Waals surface area contributed by atoms with Crippen molar-refractivity contribution in [2.24, 2.45) is 0 Å². The lowest BCUT2D eigenvalue weighted by Gasteiger charge is -2.14. The van der Waals surface area contributed by atoms with Crippen molar-refractivity contribution in [1.29, 1.82) is 0 Å². The first-order chi connectivity index (χ1) is 11.5. The maximum absolute atomic E-state index is 12.3. The first-order valence-electron chi connectivity index (χ1n) is 7.33. The molecule has 2 nitrogen and oxygen atoms in total. The third-order valence-electron chi connectivity index (χ3n) is 4.11. The summed E-state index contributed by atoms with van der Waals surface area (Å²) < 4.78 is 0. The molecule has 0 atom stereocenters. The third kappa shape index (κ3) is 2.44. The molecule has 4 heteroatoms. The van der Waals surface area contributed by atoms with Crippen LogP contribution in [0.2, 0.25) is 10.0 Å². The normalized spacial score (nSPS) is 14.5. The molecule has 0 aliphatic heterocycles. The van der Waals surface area contributed by atoms with Gasteiger partial charge in [0.15, 0.2) is 11.6 Å². The zero-order chi connectivity index (χ0) is 16.8. The Hall–Kier alpha value is -2.42. The van der Waals surface area contributed by atoms with Gasteiger partial charge in [-0.3, -0.25) is 9.59 Å². The van der Waals surface area contributed by atoms with Crippen LogP contribution in [0, 0.1) is 0 Å². The van der Waals surface area contributed by atoms with Crippen molar-refractivity contribution >= 4 is 61.9 Å². The molecule has 0 aromatic heterocycles. The number of rotatable bonds is 1. The van der Waals surface area contributed by atoms with Crippen molar-refractivity contribution in [2.45, 2.75) is 0 Å². The van der Waals surface area contributed by atoms with Crippen molar-refractivity contribution in [3.05, 3.63) is 76.3 Å². The van der Waals surface area contributed by atoms with Crippen molar-refractivity contribution in [3.63, 3.8) is 0 Å². The first-order valence-corrected chi connectivity index (χ1v) is 8.08. The van der Waals surface area contributed by atoms with Crippen molar-refractivity contribution in [2.75, 3.05) is 0 Å². The second kappa shape index (κ2) is 5.59. The van der Waals surface area contributed by atoms with Crippen molar-refractivity contribution < 1.29 is 9.59 Å². The van der Waals surface area contributed by atoms with Gasteiger partial charge in [0.2, 0.25) is 0 Å². The van der Waals surface area contributed by atoms with Gasteiger partial charge in [0.05, 0.1) is 0 Å². The van der Waals surface area contributed by atoms with Gasteiger partial charge in [-0.1, -0.05) is 35.3 Å². The fourth-order valence-electron chi connectivity index (χ4n) is 2.99. The van der Waals surface area contributed by atoms with E-state index < -0.39 is 0 Å². The average Bonchev–Trinajstić information content (AvgIpc) is 2.56. The number of carbonyl (C=O) groups is 2. The van der Waals surface area contributed by atoms with E-state index in [1.165, 1.54) is 18.2 Å². The molecule has 4 rings (SSSR count). The van der Waals surface area contributed by atoms with E-state index in [4.69, 9.17) is 23.2 Å². The molecule has 0 amide bonds. The summed E-state index contributed by atoms with van der Waals surface area (Å²) in [7, 11) is 0. The Morgan fingerprint density at radius 3 is 2.38 bits per heavy atom. The number of halogens is 2. The van der Waals surface area contributed by atoms with Crippen LogP contribution in [0.1, 0.15) is 5.56 Å². The largest absolute Gasteiger partial charge is 0.290 e. The number of hydrogen-bond donors (Lipinski definition) is 0. The third-order valence-corrected chi connectivity index (χ3v) is 4.66. The first kappa shape index (κ1) is 15.1. The van der Waals surface area contributed by atoms with Gasteiger partial charge in [0, 0.05) is 21.2 Å². The second-order valence-corrected chi connectivity index (χ2v) is 6.49. The van der Waals surface area contributed by atoms with Crippen LogP contribution in [0.15, 0.2) is 60.7 Å². The minimum Gasteiger partial charge on any atom is -0.290 e. The summed E-state index contributed by atoms with van der Waals surface area (Å²) in [6, 6.07) is 13.2. The Kier molecular flexibility index (Phi) is 3.52. The topological polar surface area (TPSA) is 34.1 Å². The van der Waals surface area contributed by atoms with E-state index in [0.717, 1.165) is 21.5 Å². The molecule has 116 valence electrons. The van der Waals surface area contributed by atoms with Crippen LogP contribution in [0.3, 0.4) is 0 Å². The van der Waals surface area contributed by atoms with E-state index in [0.29, 0.717) is 21.2 Å². The lowest BCUT2D eigenvalue weighted by molar-refractivity contribution is -0.113. The molecule has 1 aliphatic carbocycles. The lowest BCUT2D eigenvalue weighted by atomic mass is 9.91. The van der Waals surface area contributed by atoms with Crippen LogP contribution >= 0.6 is 23.2 Å². The van der Waals surface area contributed by atoms with E-state index in [1.807, 2.05) is 36.4 Å². The van der Waals surface area contributed by atoms with Gasteiger partial charge < -0.3 is 0 Å². The fraction of sp³-hybridized carbons (Fsp3) is 0. The van der Waals surface area contributed by atoms with Crippen LogP contribution in [-0.2, 0) is 9.59 Å². The number of carbonyl (C=O) groups excluding carboxylic acids is 2. The van der Waals surface area contributed by atoms with E-state index in [2.05, 4.69) is 0 Å². The highest BCUT2D eigenvalue weighted by Gasteiger charge is 2.20. The molecule has 3 aromatic carbocycles. The van der Waals surface area contributed by atoms with Gasteiger partial charge in [-0.25, -0.2) is 0 Å². The number of fused-ring (bicyclic) bond motifs is 2. The Morgan fingerprint density at radius 1 is 0.750 bits per heavy atom. The summed E-state index contributed by atoms with van der Waals surface area (Å²) in [6.45, 7) is 0. The minimum absolute atomic E-state index is 0.217. The molecule has 3 aromatic rings. The molecule has 0 unspecified atom stereocenters. The van der Waals surface area contributed by atoms with Crippen LogP contribution in [0.5, 0.6) is 0 Å². The highest BCUT2D eigenvalue weighted by Crippen LogP contribution is 2.36. The molecule has 1 aliphatic rings. The van der Waals surface area contributed by atoms with Crippen LogP contribution in [0.4, 0.5) is 0 Å². The van der Waals surface area contributed by atoms with E-state index in [9.17, 15) is 9.59 Å². The molecule has 24 heavy (non-hydrogen) atoms. The van der Waals surface area contributed by atoms with Crippen LogP contribution in [0.25, 0.3) is 27.1 Å². The average molecular weight is 353 g/mol. The Bertz CT molecular complexity index is 1110. The summed E-state index contributed by atoms with van der Waals surface area (Å²) in [4.78, 5) is 24.0. The van der Waals surface area contributed by atoms with Crippen LogP contribution in [-0.4, -0.2) is 11.6 Å². The summed E-state index contributed by atoms with van der Waals surface area (Å²) in [5.41, 5.74) is 0.917. The van der Waals surface area contributed by atoms with Gasteiger partial charge in [0.1, 0.15) is 0 Å². The molecule has 0 fully saturated rings. The Balaban J connectivity index is 2.08. The van der Waals surface area contributed by atoms with Gasteiger partial charge in [-0.15, -0.1) is 0 Å². The Morgan fingerprint density at radius 2 is 1.54 bits per heavy atom. The SMILES string of the molecule is O=C1C=CC(=O)C(c2c(Cl)ccc3cc4cc(Cl)ccc4cc23)=C1. The predicted octanol–water partition coefficient (Wildman–Crippen LogP) is 5.39. The molecule has 0 saturated heterocycles. The maximum Gasteiger partial charge on any atom is 0.186 e. The minimum atomic E-state index is -0.222. The molecular formula is C20H10Cl2O2. The van der Waals surface area contributed by atoms with Crippen LogP contribution < -0.4 is 0 Å². The van der Waals surface area contributed by atoms with Crippen molar-refractivity contribution in [1.82, 2.24) is 0 Å². The van der Waals surface area contributed by atoms with Gasteiger partial charge in [-0.05, 0) is 70.1 Å². The summed E-state index contributed by atoms with van der Waals surface area (Å²) in [5.74, 6) is -0.439. The molecule has 0 heterocycles. The highest BCUT2D eigenvalue weighted by molar-refractivity contribution is 6.41. The summed E-state index contributed by atoms with van der Waals surface area (Å²) >= 11 is 12.4. The number of ketones is 2. The van der Waals surface area contributed by atoms with E-state index >= 15 is 0 Å². The number of allylic oxidation sites excluding steroid dienone is 4. The summed E-state index contributed by atoms with van der Waals surface area (Å²) in [6.07, 6.45) is 3.89. The summed E-state index contributed by atoms with van der Waals surface area (Å²) in [5, 5.41) is 4.86. The van der Waals surface area contributed by atoms with Gasteiger partial charge >= 0.3 is 0 Å². The monoisotopic (exact) mass is 352 g/mol. The molecule has 0 saturated carbocycles. The molecule has 0 spiro atoms. The molecule has 0 N–H and O–H groups in total. The van der Waals surface area contributed by atoms with E-state index in [-0.39, 0.29) is 11.6 Å². The Labute approximate surface area is 148 Å². The van der Waals surface area contributed by atoms with Gasteiger partial charge in [0.25, 0.3) is 0 Å². The van der Waals surface area contributed by atoms with E-state index in [1.54, 1.807) is 6.07 Å². The molecular weight excluding hydrogens is 343 g/mol. The quantitative estimate of drug-likeness (QED) is 0.434. The fourth-order valence-corrected chi connectivity index (χ4v) is 3.44. The lowest BCUT2D eigenvalue weighted by Crippen LogP contribution is -2.07. The number of benzene rings is 3. The predicted molar refractivity (Wildman–Crippen MR) is 98.6 cm³/mol.